The third-order valence-electron chi connectivity index (χ3n) is 4.98. The maximum absolute atomic E-state index is 11.9. The first-order valence-corrected chi connectivity index (χ1v) is 8.12. The monoisotopic (exact) mass is 329 g/mol. The minimum atomic E-state index is -0.397. The van der Waals surface area contributed by atoms with Gasteiger partial charge in [0.25, 0.3) is 0 Å². The number of aromatic nitrogens is 2. The molecule has 1 aliphatic heterocycles. The highest BCUT2D eigenvalue weighted by atomic mass is 16.7. The average molecular weight is 329 g/mol. The van der Waals surface area contributed by atoms with Crippen molar-refractivity contribution in [1.82, 2.24) is 14.7 Å². The Bertz CT molecular complexity index is 766. The highest BCUT2D eigenvalue weighted by molar-refractivity contribution is 6.62. The number of amides is 1. The first-order chi connectivity index (χ1) is 11.1. The van der Waals surface area contributed by atoms with Gasteiger partial charge in [-0.25, -0.2) is 0 Å². The number of carbonyl (C=O) groups is 1. The summed E-state index contributed by atoms with van der Waals surface area (Å²) in [6.07, 6.45) is 1.77. The number of carbonyl (C=O) groups excluding carboxylic acids is 1. The first kappa shape index (κ1) is 17.0. The summed E-state index contributed by atoms with van der Waals surface area (Å²) >= 11 is 0. The number of fused-ring (bicyclic) bond motifs is 1. The van der Waals surface area contributed by atoms with Crippen LogP contribution in [0, 0.1) is 0 Å². The Kier molecular flexibility index (Phi) is 3.96. The lowest BCUT2D eigenvalue weighted by Gasteiger charge is -2.32. The second-order valence-corrected chi connectivity index (χ2v) is 7.50. The molecule has 0 aliphatic carbocycles. The molecular formula is C17H24BN3O3. The van der Waals surface area contributed by atoms with E-state index in [1.165, 1.54) is 0 Å². The number of hydrogen-bond acceptors (Lipinski definition) is 4. The highest BCUT2D eigenvalue weighted by Crippen LogP contribution is 2.36. The van der Waals surface area contributed by atoms with E-state index in [2.05, 4.69) is 5.10 Å². The highest BCUT2D eigenvalue weighted by Gasteiger charge is 2.51. The Hall–Kier alpha value is -1.86. The lowest BCUT2D eigenvalue weighted by atomic mass is 9.79. The Morgan fingerprint density at radius 3 is 2.42 bits per heavy atom. The molecule has 1 saturated heterocycles. The maximum Gasteiger partial charge on any atom is 0.494 e. The molecule has 1 aliphatic rings. The zero-order valence-corrected chi connectivity index (χ0v) is 15.2. The van der Waals surface area contributed by atoms with Crippen molar-refractivity contribution in [3.8, 4) is 0 Å². The van der Waals surface area contributed by atoms with Gasteiger partial charge in [-0.1, -0.05) is 12.1 Å². The van der Waals surface area contributed by atoms with Gasteiger partial charge in [0.15, 0.2) is 0 Å². The van der Waals surface area contributed by atoms with Crippen LogP contribution < -0.4 is 5.46 Å². The quantitative estimate of drug-likeness (QED) is 0.800. The van der Waals surface area contributed by atoms with Crippen molar-refractivity contribution in [2.24, 2.45) is 0 Å². The van der Waals surface area contributed by atoms with E-state index < -0.39 is 7.12 Å². The van der Waals surface area contributed by atoms with Gasteiger partial charge >= 0.3 is 7.12 Å². The Balaban J connectivity index is 1.87. The van der Waals surface area contributed by atoms with Crippen molar-refractivity contribution in [2.75, 3.05) is 14.1 Å². The minimum absolute atomic E-state index is 0.00929. The van der Waals surface area contributed by atoms with Crippen molar-refractivity contribution in [3.63, 3.8) is 0 Å². The van der Waals surface area contributed by atoms with Crippen molar-refractivity contribution in [2.45, 2.75) is 45.4 Å². The zero-order valence-electron chi connectivity index (χ0n) is 15.2. The summed E-state index contributed by atoms with van der Waals surface area (Å²) in [7, 11) is 3.08. The number of nitrogens with zero attached hydrogens (tertiary/aromatic N) is 3. The Morgan fingerprint density at radius 2 is 1.83 bits per heavy atom. The zero-order chi connectivity index (χ0) is 17.7. The molecule has 2 heterocycles. The topological polar surface area (TPSA) is 56.6 Å². The maximum atomic E-state index is 11.9. The molecule has 128 valence electrons. The average Bonchev–Trinajstić information content (AvgIpc) is 2.97. The Labute approximate surface area is 142 Å². The third-order valence-corrected chi connectivity index (χ3v) is 4.98. The molecule has 24 heavy (non-hydrogen) atoms. The summed E-state index contributed by atoms with van der Waals surface area (Å²) in [5.41, 5.74) is 1.15. The van der Waals surface area contributed by atoms with Crippen molar-refractivity contribution >= 4 is 29.4 Å². The number of likely N-dealkylation sites (N-methyl/N-ethyl adjacent to an activating group) is 1. The van der Waals surface area contributed by atoms with E-state index in [0.717, 1.165) is 16.4 Å². The lowest BCUT2D eigenvalue weighted by Crippen LogP contribution is -2.41. The van der Waals surface area contributed by atoms with Gasteiger partial charge in [-0.2, -0.15) is 5.10 Å². The SMILES string of the molecule is CN(C)C(=O)Cn1ncc2cc(B3OC(C)(C)C(C)(C)O3)ccc21. The summed E-state index contributed by atoms with van der Waals surface area (Å²) in [5.74, 6) is 0.00929. The van der Waals surface area contributed by atoms with Crippen LogP contribution >= 0.6 is 0 Å². The van der Waals surface area contributed by atoms with Crippen LogP contribution in [-0.4, -0.2) is 53.0 Å². The smallest absolute Gasteiger partial charge is 0.399 e. The fraction of sp³-hybridized carbons (Fsp3) is 0.529. The molecule has 0 bridgehead atoms. The van der Waals surface area contributed by atoms with Gasteiger partial charge in [0.1, 0.15) is 6.54 Å². The second kappa shape index (κ2) is 5.60. The summed E-state index contributed by atoms with van der Waals surface area (Å²) in [6.45, 7) is 8.38. The first-order valence-electron chi connectivity index (χ1n) is 8.12. The van der Waals surface area contributed by atoms with E-state index in [1.807, 2.05) is 45.9 Å². The standard InChI is InChI=1S/C17H24BN3O3/c1-16(2)17(3,4)24-18(23-16)13-7-8-14-12(9-13)10-19-21(14)11-15(22)20(5)6/h7-10H,11H2,1-6H3. The molecule has 0 N–H and O–H groups in total. The number of rotatable bonds is 3. The van der Waals surface area contributed by atoms with E-state index in [0.29, 0.717) is 0 Å². The molecule has 0 saturated carbocycles. The molecule has 3 rings (SSSR count). The second-order valence-electron chi connectivity index (χ2n) is 7.50. The number of hydrogen-bond donors (Lipinski definition) is 0. The molecule has 0 atom stereocenters. The van der Waals surface area contributed by atoms with Gasteiger partial charge in [-0.05, 0) is 39.2 Å². The normalized spacial score (nSPS) is 19.0. The molecule has 6 nitrogen and oxygen atoms in total. The molecule has 1 amide bonds. The molecule has 1 aromatic carbocycles. The van der Waals surface area contributed by atoms with Crippen LogP contribution in [0.25, 0.3) is 10.9 Å². The van der Waals surface area contributed by atoms with Gasteiger partial charge < -0.3 is 14.2 Å². The van der Waals surface area contributed by atoms with Gasteiger partial charge in [-0.3, -0.25) is 9.48 Å². The van der Waals surface area contributed by atoms with Crippen LogP contribution in [0.4, 0.5) is 0 Å². The van der Waals surface area contributed by atoms with Crippen LogP contribution in [0.2, 0.25) is 0 Å². The molecule has 1 aromatic heterocycles. The fourth-order valence-electron chi connectivity index (χ4n) is 2.63. The summed E-state index contributed by atoms with van der Waals surface area (Å²) in [5, 5.41) is 5.30. The van der Waals surface area contributed by atoms with E-state index in [1.54, 1.807) is 29.9 Å². The van der Waals surface area contributed by atoms with E-state index in [-0.39, 0.29) is 23.7 Å². The third kappa shape index (κ3) is 2.82. The summed E-state index contributed by atoms with van der Waals surface area (Å²) < 4.78 is 13.9. The van der Waals surface area contributed by atoms with Gasteiger partial charge in [-0.15, -0.1) is 0 Å². The predicted octanol–water partition coefficient (Wildman–Crippen LogP) is 1.42. The van der Waals surface area contributed by atoms with Gasteiger partial charge in [0.05, 0.1) is 22.9 Å². The minimum Gasteiger partial charge on any atom is -0.399 e. The van der Waals surface area contributed by atoms with Crippen LogP contribution in [0.5, 0.6) is 0 Å². The lowest BCUT2D eigenvalue weighted by molar-refractivity contribution is -0.129. The van der Waals surface area contributed by atoms with Crippen molar-refractivity contribution in [3.05, 3.63) is 24.4 Å². The fourth-order valence-corrected chi connectivity index (χ4v) is 2.63. The van der Waals surface area contributed by atoms with Crippen LogP contribution in [0.3, 0.4) is 0 Å². The predicted molar refractivity (Wildman–Crippen MR) is 94.1 cm³/mol. The molecular weight excluding hydrogens is 305 g/mol. The van der Waals surface area contributed by atoms with Crippen molar-refractivity contribution in [1.29, 1.82) is 0 Å². The van der Waals surface area contributed by atoms with Crippen LogP contribution in [-0.2, 0) is 20.6 Å². The largest absolute Gasteiger partial charge is 0.494 e. The summed E-state index contributed by atoms with van der Waals surface area (Å²) in [6, 6.07) is 5.95. The van der Waals surface area contributed by atoms with Crippen LogP contribution in [0.15, 0.2) is 24.4 Å². The number of benzene rings is 1. The molecule has 0 spiro atoms. The molecule has 2 aromatic rings. The van der Waals surface area contributed by atoms with Crippen LogP contribution in [0.1, 0.15) is 27.7 Å². The van der Waals surface area contributed by atoms with E-state index >= 15 is 0 Å². The molecule has 1 fully saturated rings. The van der Waals surface area contributed by atoms with E-state index in [9.17, 15) is 4.79 Å². The van der Waals surface area contributed by atoms with Crippen molar-refractivity contribution < 1.29 is 14.1 Å². The van der Waals surface area contributed by atoms with E-state index in [4.69, 9.17) is 9.31 Å². The Morgan fingerprint density at radius 1 is 1.21 bits per heavy atom. The summed E-state index contributed by atoms with van der Waals surface area (Å²) in [4.78, 5) is 13.5. The molecule has 7 heteroatoms. The molecule has 0 unspecified atom stereocenters. The van der Waals surface area contributed by atoms with Gasteiger partial charge in [0, 0.05) is 19.5 Å². The van der Waals surface area contributed by atoms with Gasteiger partial charge in [0.2, 0.25) is 5.91 Å². The molecule has 0 radical (unpaired) electrons.